The molecule has 1 aliphatic carbocycles. The summed E-state index contributed by atoms with van der Waals surface area (Å²) in [6.07, 6.45) is 0. The number of carbonyl (C=O) groups is 3. The van der Waals surface area contributed by atoms with Crippen LogP contribution in [0.5, 0.6) is 11.5 Å². The van der Waals surface area contributed by atoms with Crippen LogP contribution in [0.3, 0.4) is 0 Å². The number of ether oxygens (including phenoxy) is 1. The second-order valence-electron chi connectivity index (χ2n) is 7.45. The zero-order valence-corrected chi connectivity index (χ0v) is 17.9. The third-order valence-corrected chi connectivity index (χ3v) is 5.75. The summed E-state index contributed by atoms with van der Waals surface area (Å²) in [5.74, 6) is 0.106. The molecule has 33 heavy (non-hydrogen) atoms. The molecule has 0 saturated carbocycles. The summed E-state index contributed by atoms with van der Waals surface area (Å²) >= 11 is 6.51. The van der Waals surface area contributed by atoms with Crippen LogP contribution in [0.2, 0.25) is 5.02 Å². The first-order chi connectivity index (χ1) is 16.0. The Labute approximate surface area is 194 Å². The van der Waals surface area contributed by atoms with E-state index in [9.17, 15) is 14.4 Å². The molecule has 5 rings (SSSR count). The van der Waals surface area contributed by atoms with Gasteiger partial charge in [-0.1, -0.05) is 60.1 Å². The minimum Gasteiger partial charge on any atom is -0.457 e. The predicted octanol–water partition coefficient (Wildman–Crippen LogP) is 6.16. The van der Waals surface area contributed by atoms with Gasteiger partial charge in [-0.3, -0.25) is 14.4 Å². The molecule has 0 heterocycles. The Kier molecular flexibility index (Phi) is 5.24. The van der Waals surface area contributed by atoms with E-state index in [-0.39, 0.29) is 33.4 Å². The lowest BCUT2D eigenvalue weighted by molar-refractivity contribution is 0.0979. The molecule has 0 aromatic heterocycles. The number of hydrogen-bond acceptors (Lipinski definition) is 4. The number of benzene rings is 4. The van der Waals surface area contributed by atoms with Gasteiger partial charge in [0.15, 0.2) is 11.6 Å². The lowest BCUT2D eigenvalue weighted by atomic mass is 9.84. The molecule has 0 radical (unpaired) electrons. The van der Waals surface area contributed by atoms with E-state index in [0.717, 1.165) is 0 Å². The number of hydrogen-bond donors (Lipinski definition) is 1. The van der Waals surface area contributed by atoms with Crippen LogP contribution in [-0.4, -0.2) is 17.5 Å². The summed E-state index contributed by atoms with van der Waals surface area (Å²) in [7, 11) is 0. The second-order valence-corrected chi connectivity index (χ2v) is 7.83. The molecule has 160 valence electrons. The topological polar surface area (TPSA) is 72.5 Å². The summed E-state index contributed by atoms with van der Waals surface area (Å²) in [4.78, 5) is 38.8. The molecular weight excluding hydrogens is 438 g/mol. The average Bonchev–Trinajstić information content (AvgIpc) is 2.84. The largest absolute Gasteiger partial charge is 0.457 e. The van der Waals surface area contributed by atoms with E-state index in [4.69, 9.17) is 16.3 Å². The predicted molar refractivity (Wildman–Crippen MR) is 126 cm³/mol. The summed E-state index contributed by atoms with van der Waals surface area (Å²) in [5, 5.41) is 2.77. The van der Waals surface area contributed by atoms with Gasteiger partial charge in [-0.2, -0.15) is 0 Å². The van der Waals surface area contributed by atoms with E-state index in [1.807, 2.05) is 30.3 Å². The van der Waals surface area contributed by atoms with E-state index in [2.05, 4.69) is 5.32 Å². The van der Waals surface area contributed by atoms with E-state index >= 15 is 0 Å². The molecule has 1 aliphatic rings. The number of halogens is 1. The first-order valence-corrected chi connectivity index (χ1v) is 10.6. The van der Waals surface area contributed by atoms with Gasteiger partial charge in [-0.25, -0.2) is 0 Å². The highest BCUT2D eigenvalue weighted by Gasteiger charge is 2.32. The molecule has 0 unspecified atom stereocenters. The van der Waals surface area contributed by atoms with Crippen LogP contribution in [-0.2, 0) is 0 Å². The van der Waals surface area contributed by atoms with Crippen LogP contribution >= 0.6 is 11.6 Å². The Morgan fingerprint density at radius 2 is 1.36 bits per heavy atom. The average molecular weight is 454 g/mol. The maximum atomic E-state index is 13.0. The molecule has 4 aromatic carbocycles. The quantitative estimate of drug-likeness (QED) is 0.353. The molecule has 4 aromatic rings. The lowest BCUT2D eigenvalue weighted by Gasteiger charge is -2.20. The Balaban J connectivity index is 1.43. The Hall–Kier alpha value is -4.22. The van der Waals surface area contributed by atoms with Crippen molar-refractivity contribution in [3.63, 3.8) is 0 Å². The van der Waals surface area contributed by atoms with Crippen molar-refractivity contribution in [2.75, 3.05) is 5.32 Å². The maximum absolute atomic E-state index is 13.0. The van der Waals surface area contributed by atoms with Crippen LogP contribution in [0.15, 0.2) is 91.0 Å². The van der Waals surface area contributed by atoms with E-state index in [1.54, 1.807) is 48.5 Å². The van der Waals surface area contributed by atoms with Crippen LogP contribution in [0, 0.1) is 0 Å². The van der Waals surface area contributed by atoms with Gasteiger partial charge >= 0.3 is 0 Å². The van der Waals surface area contributed by atoms with Gasteiger partial charge < -0.3 is 10.1 Å². The highest BCUT2D eigenvalue weighted by atomic mass is 35.5. The van der Waals surface area contributed by atoms with Crippen molar-refractivity contribution in [1.29, 1.82) is 0 Å². The molecule has 1 amide bonds. The Morgan fingerprint density at radius 1 is 0.697 bits per heavy atom. The van der Waals surface area contributed by atoms with Gasteiger partial charge in [-0.05, 0) is 42.5 Å². The van der Waals surface area contributed by atoms with E-state index < -0.39 is 5.91 Å². The number of fused-ring (bicyclic) bond motifs is 2. The maximum Gasteiger partial charge on any atom is 0.255 e. The van der Waals surface area contributed by atoms with Crippen molar-refractivity contribution in [3.8, 4) is 11.5 Å². The molecule has 6 heteroatoms. The van der Waals surface area contributed by atoms with Gasteiger partial charge in [0.2, 0.25) is 0 Å². The molecule has 0 aliphatic heterocycles. The second kappa shape index (κ2) is 8.37. The number of amides is 1. The molecule has 1 N–H and O–H groups in total. The van der Waals surface area contributed by atoms with Crippen LogP contribution in [0.25, 0.3) is 0 Å². The van der Waals surface area contributed by atoms with Crippen molar-refractivity contribution in [2.24, 2.45) is 0 Å². The zero-order valence-electron chi connectivity index (χ0n) is 17.2. The van der Waals surface area contributed by atoms with Gasteiger partial charge in [0.05, 0.1) is 16.3 Å². The highest BCUT2D eigenvalue weighted by molar-refractivity contribution is 6.41. The van der Waals surface area contributed by atoms with Crippen molar-refractivity contribution < 1.29 is 19.1 Å². The van der Waals surface area contributed by atoms with Crippen molar-refractivity contribution in [3.05, 3.63) is 124 Å². The van der Waals surface area contributed by atoms with Crippen LogP contribution in [0.4, 0.5) is 5.69 Å². The number of carbonyl (C=O) groups excluding carboxylic acids is 3. The Morgan fingerprint density at radius 3 is 2.12 bits per heavy atom. The van der Waals surface area contributed by atoms with Crippen LogP contribution in [0.1, 0.15) is 42.2 Å². The minimum atomic E-state index is -0.426. The summed E-state index contributed by atoms with van der Waals surface area (Å²) in [6.45, 7) is 0. The van der Waals surface area contributed by atoms with Gasteiger partial charge in [0.1, 0.15) is 11.5 Å². The number of nitrogens with one attached hydrogen (secondary N) is 1. The van der Waals surface area contributed by atoms with E-state index in [1.165, 1.54) is 12.1 Å². The fraction of sp³-hybridized carbons (Fsp3) is 0. The van der Waals surface area contributed by atoms with Crippen LogP contribution < -0.4 is 10.1 Å². The SMILES string of the molecule is O=C(Nc1ccc2c(c1Cl)C(=O)c1ccccc1C2=O)c1cccc(Oc2ccccc2)c1. The first-order valence-electron chi connectivity index (χ1n) is 10.2. The highest BCUT2D eigenvalue weighted by Crippen LogP contribution is 2.36. The van der Waals surface area contributed by atoms with Crippen molar-refractivity contribution in [1.82, 2.24) is 0 Å². The molecule has 0 saturated heterocycles. The fourth-order valence-corrected chi connectivity index (χ4v) is 4.06. The third kappa shape index (κ3) is 3.79. The van der Waals surface area contributed by atoms with Gasteiger partial charge in [0.25, 0.3) is 5.91 Å². The molecule has 0 bridgehead atoms. The van der Waals surface area contributed by atoms with Gasteiger partial charge in [-0.15, -0.1) is 0 Å². The molecule has 0 atom stereocenters. The smallest absolute Gasteiger partial charge is 0.255 e. The number of rotatable bonds is 4. The molecule has 5 nitrogen and oxygen atoms in total. The number of ketones is 2. The fourth-order valence-electron chi connectivity index (χ4n) is 3.76. The third-order valence-electron chi connectivity index (χ3n) is 5.35. The summed E-state index contributed by atoms with van der Waals surface area (Å²) in [5.41, 5.74) is 1.56. The Bertz CT molecular complexity index is 1430. The van der Waals surface area contributed by atoms with E-state index in [0.29, 0.717) is 28.2 Å². The summed E-state index contributed by atoms with van der Waals surface area (Å²) < 4.78 is 5.79. The normalized spacial score (nSPS) is 12.0. The first kappa shape index (κ1) is 20.7. The minimum absolute atomic E-state index is 0.0328. The lowest BCUT2D eigenvalue weighted by Crippen LogP contribution is -2.22. The van der Waals surface area contributed by atoms with Gasteiger partial charge in [0, 0.05) is 22.3 Å². The molecular formula is C27H16ClNO4. The number of para-hydroxylation sites is 1. The molecule has 0 spiro atoms. The zero-order chi connectivity index (χ0) is 22.9. The van der Waals surface area contributed by atoms with Crippen molar-refractivity contribution in [2.45, 2.75) is 0 Å². The number of anilines is 1. The monoisotopic (exact) mass is 453 g/mol. The summed E-state index contributed by atoms with van der Waals surface area (Å²) in [6, 6.07) is 25.6. The molecule has 0 fully saturated rings. The standard InChI is InChI=1S/C27H16ClNO4/c28-24-22(14-13-21-23(24)26(31)20-12-5-4-11-19(20)25(21)30)29-27(32)16-7-6-10-18(15-16)33-17-8-2-1-3-9-17/h1-15H,(H,29,32). The van der Waals surface area contributed by atoms with Crippen molar-refractivity contribution >= 4 is 34.8 Å².